The Hall–Kier alpha value is -2.83. The Bertz CT molecular complexity index is 751. The van der Waals surface area contributed by atoms with Crippen molar-refractivity contribution in [1.82, 2.24) is 15.1 Å². The lowest BCUT2D eigenvalue weighted by Crippen LogP contribution is -2.27. The van der Waals surface area contributed by atoms with Gasteiger partial charge in [-0.3, -0.25) is 14.3 Å². The van der Waals surface area contributed by atoms with Crippen LogP contribution in [0.3, 0.4) is 0 Å². The fourth-order valence-corrected chi connectivity index (χ4v) is 2.33. The molecule has 2 heterocycles. The van der Waals surface area contributed by atoms with E-state index in [-0.39, 0.29) is 18.4 Å². The molecule has 7 nitrogen and oxygen atoms in total. The van der Waals surface area contributed by atoms with Crippen LogP contribution in [0.1, 0.15) is 21.7 Å². The van der Waals surface area contributed by atoms with E-state index in [1.54, 1.807) is 22.9 Å². The van der Waals surface area contributed by atoms with Gasteiger partial charge in [-0.1, -0.05) is 0 Å². The standard InChI is InChI=1S/C15H16N4O3/c1-9-5-11(19(2)18-9)7-16-15(21)10-3-4-13-12(6-10)17-14(20)8-22-13/h3-6H,7-8H2,1-2H3,(H,16,21)(H,17,20). The monoisotopic (exact) mass is 300 g/mol. The van der Waals surface area contributed by atoms with E-state index in [9.17, 15) is 9.59 Å². The van der Waals surface area contributed by atoms with Crippen LogP contribution in [-0.4, -0.2) is 28.2 Å². The van der Waals surface area contributed by atoms with Gasteiger partial charge in [-0.2, -0.15) is 5.10 Å². The second-order valence-corrected chi connectivity index (χ2v) is 5.13. The number of hydrogen-bond acceptors (Lipinski definition) is 4. The van der Waals surface area contributed by atoms with Gasteiger partial charge in [0.2, 0.25) is 0 Å². The number of nitrogens with zero attached hydrogens (tertiary/aromatic N) is 2. The molecule has 1 aromatic heterocycles. The van der Waals surface area contributed by atoms with Gasteiger partial charge < -0.3 is 15.4 Å². The van der Waals surface area contributed by atoms with Crippen molar-refractivity contribution in [2.45, 2.75) is 13.5 Å². The lowest BCUT2D eigenvalue weighted by Gasteiger charge is -2.18. The molecule has 3 rings (SSSR count). The van der Waals surface area contributed by atoms with Crippen molar-refractivity contribution in [1.29, 1.82) is 0 Å². The third-order valence-electron chi connectivity index (χ3n) is 3.40. The molecular weight excluding hydrogens is 284 g/mol. The average Bonchev–Trinajstić information content (AvgIpc) is 2.81. The Labute approximate surface area is 127 Å². The Morgan fingerprint density at radius 2 is 2.27 bits per heavy atom. The Balaban J connectivity index is 1.71. The molecule has 0 fully saturated rings. The molecule has 0 atom stereocenters. The number of anilines is 1. The van der Waals surface area contributed by atoms with Crippen LogP contribution >= 0.6 is 0 Å². The van der Waals surface area contributed by atoms with E-state index in [1.807, 2.05) is 20.0 Å². The van der Waals surface area contributed by atoms with E-state index >= 15 is 0 Å². The van der Waals surface area contributed by atoms with Gasteiger partial charge in [0.25, 0.3) is 11.8 Å². The summed E-state index contributed by atoms with van der Waals surface area (Å²) in [4.78, 5) is 23.5. The highest BCUT2D eigenvalue weighted by Crippen LogP contribution is 2.28. The summed E-state index contributed by atoms with van der Waals surface area (Å²) in [6, 6.07) is 6.87. The van der Waals surface area contributed by atoms with E-state index in [0.717, 1.165) is 11.4 Å². The zero-order valence-corrected chi connectivity index (χ0v) is 12.3. The number of benzene rings is 1. The Morgan fingerprint density at radius 1 is 1.45 bits per heavy atom. The molecule has 0 aliphatic carbocycles. The Morgan fingerprint density at radius 3 is 3.00 bits per heavy atom. The molecule has 114 valence electrons. The highest BCUT2D eigenvalue weighted by Gasteiger charge is 2.17. The lowest BCUT2D eigenvalue weighted by atomic mass is 10.1. The molecule has 0 saturated carbocycles. The van der Waals surface area contributed by atoms with Crippen LogP contribution in [-0.2, 0) is 18.4 Å². The smallest absolute Gasteiger partial charge is 0.262 e. The molecule has 0 radical (unpaired) electrons. The van der Waals surface area contributed by atoms with Crippen LogP contribution in [0.2, 0.25) is 0 Å². The van der Waals surface area contributed by atoms with Crippen molar-refractivity contribution in [3.05, 3.63) is 41.2 Å². The summed E-state index contributed by atoms with van der Waals surface area (Å²) in [6.45, 7) is 2.28. The van der Waals surface area contributed by atoms with Gasteiger partial charge in [-0.05, 0) is 31.2 Å². The van der Waals surface area contributed by atoms with Gasteiger partial charge in [-0.25, -0.2) is 0 Å². The topological polar surface area (TPSA) is 85.3 Å². The van der Waals surface area contributed by atoms with Gasteiger partial charge in [0.05, 0.1) is 23.6 Å². The molecule has 2 aromatic rings. The number of nitrogens with one attached hydrogen (secondary N) is 2. The Kier molecular flexibility index (Phi) is 3.54. The van der Waals surface area contributed by atoms with Gasteiger partial charge >= 0.3 is 0 Å². The van der Waals surface area contributed by atoms with E-state index in [0.29, 0.717) is 23.5 Å². The molecule has 1 aromatic carbocycles. The highest BCUT2D eigenvalue weighted by atomic mass is 16.5. The first-order valence-corrected chi connectivity index (χ1v) is 6.87. The SMILES string of the molecule is Cc1cc(CNC(=O)c2ccc3c(c2)NC(=O)CO3)n(C)n1. The first kappa shape index (κ1) is 14.1. The minimum Gasteiger partial charge on any atom is -0.482 e. The molecule has 0 spiro atoms. The van der Waals surface area contributed by atoms with Gasteiger partial charge in [0, 0.05) is 12.6 Å². The first-order chi connectivity index (χ1) is 10.5. The second-order valence-electron chi connectivity index (χ2n) is 5.13. The van der Waals surface area contributed by atoms with Crippen LogP contribution in [0.25, 0.3) is 0 Å². The third-order valence-corrected chi connectivity index (χ3v) is 3.40. The van der Waals surface area contributed by atoms with Crippen molar-refractivity contribution in [3.63, 3.8) is 0 Å². The minimum absolute atomic E-state index is 0.00160. The normalized spacial score (nSPS) is 13.1. The summed E-state index contributed by atoms with van der Waals surface area (Å²) in [5.41, 5.74) is 2.80. The van der Waals surface area contributed by atoms with Gasteiger partial charge in [0.15, 0.2) is 6.61 Å². The summed E-state index contributed by atoms with van der Waals surface area (Å²) >= 11 is 0. The zero-order chi connectivity index (χ0) is 15.7. The van der Waals surface area contributed by atoms with Crippen molar-refractivity contribution >= 4 is 17.5 Å². The number of carbonyl (C=O) groups is 2. The predicted octanol–water partition coefficient (Wildman–Crippen LogP) is 0.989. The molecule has 0 unspecified atom stereocenters. The highest BCUT2D eigenvalue weighted by molar-refractivity contribution is 5.99. The summed E-state index contributed by atoms with van der Waals surface area (Å²) in [5.74, 6) is 0.121. The lowest BCUT2D eigenvalue weighted by molar-refractivity contribution is -0.118. The molecule has 2 amide bonds. The van der Waals surface area contributed by atoms with E-state index < -0.39 is 0 Å². The number of rotatable bonds is 3. The van der Waals surface area contributed by atoms with Crippen LogP contribution in [0, 0.1) is 6.92 Å². The number of hydrogen-bond donors (Lipinski definition) is 2. The van der Waals surface area contributed by atoms with Gasteiger partial charge in [0.1, 0.15) is 5.75 Å². The molecule has 0 saturated heterocycles. The fraction of sp³-hybridized carbons (Fsp3) is 0.267. The second kappa shape index (κ2) is 5.51. The first-order valence-electron chi connectivity index (χ1n) is 6.87. The average molecular weight is 300 g/mol. The maximum atomic E-state index is 12.2. The van der Waals surface area contributed by atoms with Crippen molar-refractivity contribution in [2.24, 2.45) is 7.05 Å². The summed E-state index contributed by atoms with van der Waals surface area (Å²) in [5, 5.41) is 9.75. The zero-order valence-electron chi connectivity index (χ0n) is 12.3. The quantitative estimate of drug-likeness (QED) is 0.885. The molecule has 0 bridgehead atoms. The van der Waals surface area contributed by atoms with E-state index in [4.69, 9.17) is 4.74 Å². The van der Waals surface area contributed by atoms with Crippen molar-refractivity contribution in [3.8, 4) is 5.75 Å². The third kappa shape index (κ3) is 2.78. The van der Waals surface area contributed by atoms with Gasteiger partial charge in [-0.15, -0.1) is 0 Å². The predicted molar refractivity (Wildman–Crippen MR) is 79.7 cm³/mol. The van der Waals surface area contributed by atoms with E-state index in [1.165, 1.54) is 0 Å². The largest absolute Gasteiger partial charge is 0.482 e. The molecule has 7 heteroatoms. The maximum absolute atomic E-state index is 12.2. The number of aryl methyl sites for hydroxylation is 2. The number of amides is 2. The van der Waals surface area contributed by atoms with Crippen LogP contribution in [0.15, 0.2) is 24.3 Å². The van der Waals surface area contributed by atoms with Crippen LogP contribution in [0.5, 0.6) is 5.75 Å². The summed E-state index contributed by atoms with van der Waals surface area (Å²) in [7, 11) is 1.83. The number of carbonyl (C=O) groups excluding carboxylic acids is 2. The molecule has 1 aliphatic rings. The van der Waals surface area contributed by atoms with E-state index in [2.05, 4.69) is 15.7 Å². The molecule has 2 N–H and O–H groups in total. The number of ether oxygens (including phenoxy) is 1. The van der Waals surface area contributed by atoms with Crippen LogP contribution in [0.4, 0.5) is 5.69 Å². The number of aromatic nitrogens is 2. The molecular formula is C15H16N4O3. The van der Waals surface area contributed by atoms with Crippen molar-refractivity contribution in [2.75, 3.05) is 11.9 Å². The van der Waals surface area contributed by atoms with Crippen molar-refractivity contribution < 1.29 is 14.3 Å². The van der Waals surface area contributed by atoms with Crippen LogP contribution < -0.4 is 15.4 Å². The summed E-state index contributed by atoms with van der Waals surface area (Å²) in [6.07, 6.45) is 0. The minimum atomic E-state index is -0.226. The maximum Gasteiger partial charge on any atom is 0.262 e. The fourth-order valence-electron chi connectivity index (χ4n) is 2.33. The molecule has 1 aliphatic heterocycles. The molecule has 22 heavy (non-hydrogen) atoms. The number of fused-ring (bicyclic) bond motifs is 1. The summed E-state index contributed by atoms with van der Waals surface area (Å²) < 4.78 is 7.00.